The fourth-order valence-corrected chi connectivity index (χ4v) is 4.25. The lowest BCUT2D eigenvalue weighted by molar-refractivity contribution is -0.138. The molecule has 2 fully saturated rings. The first kappa shape index (κ1) is 34.2. The van der Waals surface area contributed by atoms with Gasteiger partial charge in [-0.25, -0.2) is 9.98 Å². The maximum atomic E-state index is 12.5. The molecule has 1 aliphatic carbocycles. The van der Waals surface area contributed by atoms with Crippen molar-refractivity contribution in [2.24, 2.45) is 26.6 Å². The van der Waals surface area contributed by atoms with Gasteiger partial charge in [-0.3, -0.25) is 15.1 Å². The van der Waals surface area contributed by atoms with Crippen LogP contribution >= 0.6 is 0 Å². The second-order valence-electron chi connectivity index (χ2n) is 9.02. The van der Waals surface area contributed by atoms with Gasteiger partial charge in [0.05, 0.1) is 24.3 Å². The van der Waals surface area contributed by atoms with Crippen LogP contribution in [0.4, 0.5) is 32.0 Å². The van der Waals surface area contributed by atoms with Gasteiger partial charge in [-0.05, 0) is 64.4 Å². The molecule has 0 bridgehead atoms. The molecule has 2 aliphatic rings. The van der Waals surface area contributed by atoms with Crippen molar-refractivity contribution in [1.82, 2.24) is 10.2 Å². The number of nitrogens with two attached hydrogens (primary N) is 1. The van der Waals surface area contributed by atoms with E-state index in [0.717, 1.165) is 57.0 Å². The number of hydrogen-bond acceptors (Lipinski definition) is 5. The molecule has 1 aromatic carbocycles. The first-order chi connectivity index (χ1) is 18.4. The number of alkyl halides is 6. The van der Waals surface area contributed by atoms with Crippen LogP contribution in [0, 0.1) is 5.92 Å². The van der Waals surface area contributed by atoms with Gasteiger partial charge in [-0.1, -0.05) is 18.9 Å². The van der Waals surface area contributed by atoms with Gasteiger partial charge in [0.15, 0.2) is 0 Å². The molecule has 0 atom stereocenters. The Kier molecular flexibility index (Phi) is 14.9. The van der Waals surface area contributed by atoms with Crippen LogP contribution < -0.4 is 11.1 Å². The monoisotopic (exact) mass is 564 g/mol. The third-order valence-corrected chi connectivity index (χ3v) is 6.25. The third kappa shape index (κ3) is 13.2. The molecule has 3 N–H and O–H groups in total. The fourth-order valence-electron chi connectivity index (χ4n) is 4.25. The number of nitrogens with zero attached hydrogens (tertiary/aromatic N) is 4. The highest BCUT2D eigenvalue weighted by Crippen LogP contribution is 2.32. The van der Waals surface area contributed by atoms with Crippen LogP contribution in [0.15, 0.2) is 39.2 Å². The average Bonchev–Trinajstić information content (AvgIpc) is 3.46. The van der Waals surface area contributed by atoms with Crippen molar-refractivity contribution in [1.29, 1.82) is 0 Å². The zero-order chi connectivity index (χ0) is 29.5. The molecule has 0 unspecified atom stereocenters. The molecule has 39 heavy (non-hydrogen) atoms. The van der Waals surface area contributed by atoms with Gasteiger partial charge in [0.25, 0.3) is 0 Å². The molecular weight excluding hydrogens is 526 g/mol. The highest BCUT2D eigenvalue weighted by atomic mass is 19.4. The molecule has 0 spiro atoms. The van der Waals surface area contributed by atoms with E-state index in [9.17, 15) is 31.1 Å². The van der Waals surface area contributed by atoms with Crippen LogP contribution in [0.25, 0.3) is 0 Å². The summed E-state index contributed by atoms with van der Waals surface area (Å²) in [5, 5.41) is 3.33. The zero-order valence-electron chi connectivity index (χ0n) is 22.2. The number of amidine groups is 1. The van der Waals surface area contributed by atoms with Crippen molar-refractivity contribution in [3.05, 3.63) is 29.8 Å². The van der Waals surface area contributed by atoms with E-state index in [1.54, 1.807) is 0 Å². The van der Waals surface area contributed by atoms with Gasteiger partial charge in [0.2, 0.25) is 5.91 Å². The van der Waals surface area contributed by atoms with E-state index in [-0.39, 0.29) is 11.5 Å². The summed E-state index contributed by atoms with van der Waals surface area (Å²) in [6.45, 7) is 8.96. The van der Waals surface area contributed by atoms with Crippen molar-refractivity contribution >= 4 is 30.9 Å². The Morgan fingerprint density at radius 3 is 2.18 bits per heavy atom. The minimum Gasteiger partial charge on any atom is -0.342 e. The Morgan fingerprint density at radius 1 is 1.05 bits per heavy atom. The SMILES string of the molecule is C=NC(CCC(F)(F)F)=Nc1cccc(C(F)(F)F)c1.C=NCNC1CCN(C(=O)C2CCCC2)CC1.CN. The average molecular weight is 565 g/mol. The van der Waals surface area contributed by atoms with Crippen LogP contribution in [0.5, 0.6) is 0 Å². The summed E-state index contributed by atoms with van der Waals surface area (Å²) in [5.74, 6) is 0.471. The zero-order valence-corrected chi connectivity index (χ0v) is 22.2. The van der Waals surface area contributed by atoms with Gasteiger partial charge in [-0.2, -0.15) is 26.3 Å². The molecular formula is C26H38F6N6O. The van der Waals surface area contributed by atoms with Crippen LogP contribution in [0.3, 0.4) is 0 Å². The molecule has 1 aromatic rings. The number of piperidine rings is 1. The lowest BCUT2D eigenvalue weighted by Gasteiger charge is -2.33. The molecule has 1 heterocycles. The second-order valence-corrected chi connectivity index (χ2v) is 9.02. The van der Waals surface area contributed by atoms with E-state index in [1.165, 1.54) is 26.0 Å². The lowest BCUT2D eigenvalue weighted by atomic mass is 10.0. The smallest absolute Gasteiger partial charge is 0.342 e. The largest absolute Gasteiger partial charge is 0.416 e. The number of rotatable bonds is 7. The minimum absolute atomic E-state index is 0.121. The van der Waals surface area contributed by atoms with Crippen LogP contribution in [0.2, 0.25) is 0 Å². The van der Waals surface area contributed by atoms with Crippen molar-refractivity contribution in [3.63, 3.8) is 0 Å². The van der Waals surface area contributed by atoms with E-state index in [0.29, 0.717) is 24.5 Å². The molecule has 3 rings (SSSR count). The lowest BCUT2D eigenvalue weighted by Crippen LogP contribution is -2.46. The normalized spacial score (nSPS) is 17.0. The van der Waals surface area contributed by atoms with Gasteiger partial charge < -0.3 is 10.6 Å². The summed E-state index contributed by atoms with van der Waals surface area (Å²) in [5.41, 5.74) is 3.45. The number of hydrogen-bond donors (Lipinski definition) is 2. The summed E-state index contributed by atoms with van der Waals surface area (Å²) in [4.78, 5) is 25.0. The van der Waals surface area contributed by atoms with Gasteiger partial charge in [-0.15, -0.1) is 0 Å². The number of aliphatic imine (C=N–C) groups is 3. The molecule has 0 aromatic heterocycles. The van der Waals surface area contributed by atoms with E-state index >= 15 is 0 Å². The van der Waals surface area contributed by atoms with E-state index < -0.39 is 30.8 Å². The summed E-state index contributed by atoms with van der Waals surface area (Å²) < 4.78 is 73.5. The van der Waals surface area contributed by atoms with Gasteiger partial charge >= 0.3 is 12.4 Å². The number of carbonyl (C=O) groups excluding carboxylic acids is 1. The Morgan fingerprint density at radius 2 is 1.67 bits per heavy atom. The molecule has 1 saturated heterocycles. The fraction of sp³-hybridized carbons (Fsp3) is 0.615. The third-order valence-electron chi connectivity index (χ3n) is 6.25. The van der Waals surface area contributed by atoms with Crippen LogP contribution in [-0.2, 0) is 11.0 Å². The van der Waals surface area contributed by atoms with E-state index in [2.05, 4.69) is 44.4 Å². The van der Waals surface area contributed by atoms with Crippen molar-refractivity contribution in [2.45, 2.75) is 69.8 Å². The van der Waals surface area contributed by atoms with Crippen molar-refractivity contribution < 1.29 is 31.1 Å². The van der Waals surface area contributed by atoms with Crippen molar-refractivity contribution in [2.75, 3.05) is 26.8 Å². The first-order valence-electron chi connectivity index (χ1n) is 12.7. The Labute approximate surface area is 225 Å². The Hall–Kier alpha value is -2.80. The predicted octanol–water partition coefficient (Wildman–Crippen LogP) is 5.77. The molecule has 1 saturated carbocycles. The summed E-state index contributed by atoms with van der Waals surface area (Å²) in [6.07, 6.45) is -3.85. The summed E-state index contributed by atoms with van der Waals surface area (Å²) in [6, 6.07) is 4.45. The highest BCUT2D eigenvalue weighted by molar-refractivity contribution is 5.88. The Bertz CT molecular complexity index is 920. The number of nitrogens with one attached hydrogen (secondary N) is 1. The number of halogens is 6. The maximum absolute atomic E-state index is 12.5. The summed E-state index contributed by atoms with van der Waals surface area (Å²) >= 11 is 0. The van der Waals surface area contributed by atoms with E-state index in [4.69, 9.17) is 0 Å². The topological polar surface area (TPSA) is 95.4 Å². The predicted molar refractivity (Wildman–Crippen MR) is 143 cm³/mol. The minimum atomic E-state index is -4.54. The number of amides is 1. The number of carbonyl (C=O) groups is 1. The van der Waals surface area contributed by atoms with Gasteiger partial charge in [0.1, 0.15) is 5.84 Å². The number of likely N-dealkylation sites (tertiary alicyclic amines) is 1. The molecule has 1 amide bonds. The standard InChI is InChI=1S/C13H23N3O.C12H10F6N2.CH5N/c1-14-10-15-12-6-8-16(9-7-12)13(17)11-4-2-3-5-11;1-19-10(5-6-11(13,14)15)20-9-4-2-3-8(7-9)12(16,17)18;1-2/h11-12,15H,1-10H2;2-4,7H,1,5-6H2;2H2,1H3. The molecule has 220 valence electrons. The Balaban J connectivity index is 0.000000370. The maximum Gasteiger partial charge on any atom is 0.416 e. The van der Waals surface area contributed by atoms with Crippen LogP contribution in [-0.4, -0.2) is 69.1 Å². The van der Waals surface area contributed by atoms with Crippen molar-refractivity contribution in [3.8, 4) is 0 Å². The molecule has 13 heteroatoms. The quantitative estimate of drug-likeness (QED) is 0.250. The second kappa shape index (κ2) is 17.0. The number of benzene rings is 1. The summed E-state index contributed by atoms with van der Waals surface area (Å²) in [7, 11) is 1.50. The highest BCUT2D eigenvalue weighted by Gasteiger charge is 2.31. The van der Waals surface area contributed by atoms with E-state index in [1.807, 2.05) is 0 Å². The van der Waals surface area contributed by atoms with Gasteiger partial charge in [0, 0.05) is 31.5 Å². The molecule has 7 nitrogen and oxygen atoms in total. The first-order valence-corrected chi connectivity index (χ1v) is 12.7. The molecule has 0 radical (unpaired) electrons. The molecule has 1 aliphatic heterocycles. The van der Waals surface area contributed by atoms with Crippen LogP contribution in [0.1, 0.15) is 56.9 Å².